The molecular weight excluding hydrogens is 460 g/mol. The molecule has 0 aromatic heterocycles. The van der Waals surface area contributed by atoms with E-state index in [1.807, 2.05) is 0 Å². The first-order valence-corrected chi connectivity index (χ1v) is 14.7. The SMILES string of the molecule is CC(C)N=CC(C(=Nc1c(C(C)C)cccc1C(C)C)C1CCCCC1)(c1ccccc1)c1ccccc1. The van der Waals surface area contributed by atoms with Gasteiger partial charge in [-0.2, -0.15) is 0 Å². The minimum Gasteiger partial charge on any atom is -0.293 e. The Balaban J connectivity index is 2.14. The van der Waals surface area contributed by atoms with Crippen LogP contribution < -0.4 is 0 Å². The smallest absolute Gasteiger partial charge is 0.0935 e. The molecule has 1 aliphatic rings. The summed E-state index contributed by atoms with van der Waals surface area (Å²) in [4.78, 5) is 11.0. The van der Waals surface area contributed by atoms with Gasteiger partial charge >= 0.3 is 0 Å². The molecule has 1 saturated carbocycles. The van der Waals surface area contributed by atoms with Gasteiger partial charge in [-0.3, -0.25) is 9.98 Å². The summed E-state index contributed by atoms with van der Waals surface area (Å²) in [7, 11) is 0. The van der Waals surface area contributed by atoms with Crippen LogP contribution in [0, 0.1) is 5.92 Å². The molecular formula is C36H46N2. The number of rotatable bonds is 9. The molecule has 200 valence electrons. The van der Waals surface area contributed by atoms with Crippen LogP contribution in [-0.4, -0.2) is 18.0 Å². The topological polar surface area (TPSA) is 24.7 Å². The van der Waals surface area contributed by atoms with Gasteiger partial charge in [-0.25, -0.2) is 0 Å². The molecule has 0 aliphatic heterocycles. The van der Waals surface area contributed by atoms with Gasteiger partial charge in [0, 0.05) is 18.0 Å². The fourth-order valence-corrected chi connectivity index (χ4v) is 5.98. The zero-order valence-electron chi connectivity index (χ0n) is 24.3. The van der Waals surface area contributed by atoms with E-state index in [9.17, 15) is 0 Å². The van der Waals surface area contributed by atoms with E-state index in [-0.39, 0.29) is 6.04 Å². The van der Waals surface area contributed by atoms with Gasteiger partial charge in [0.15, 0.2) is 0 Å². The third kappa shape index (κ3) is 6.01. The van der Waals surface area contributed by atoms with Gasteiger partial charge in [0.05, 0.1) is 11.1 Å². The Morgan fingerprint density at radius 1 is 0.684 bits per heavy atom. The molecule has 0 heterocycles. The monoisotopic (exact) mass is 506 g/mol. The predicted octanol–water partition coefficient (Wildman–Crippen LogP) is 10.1. The average Bonchev–Trinajstić information content (AvgIpc) is 2.94. The van der Waals surface area contributed by atoms with Crippen molar-refractivity contribution in [3.05, 3.63) is 101 Å². The van der Waals surface area contributed by atoms with Gasteiger partial charge in [-0.1, -0.05) is 126 Å². The highest BCUT2D eigenvalue weighted by molar-refractivity contribution is 6.14. The van der Waals surface area contributed by atoms with Crippen molar-refractivity contribution in [2.45, 2.75) is 96.9 Å². The standard InChI is InChI=1S/C36H46N2/c1-26(2)32-23-16-24-33(27(3)4)34(32)38-35(29-17-10-7-11-18-29)36(25-37-28(5)6,30-19-12-8-13-20-30)31-21-14-9-15-22-31/h8-9,12-16,19-29H,7,10-11,17-18H2,1-6H3. The van der Waals surface area contributed by atoms with Gasteiger partial charge in [0.1, 0.15) is 0 Å². The van der Waals surface area contributed by atoms with E-state index in [1.165, 1.54) is 65.8 Å². The van der Waals surface area contributed by atoms with Gasteiger partial charge in [0.2, 0.25) is 0 Å². The van der Waals surface area contributed by atoms with Crippen LogP contribution >= 0.6 is 0 Å². The normalized spacial score (nSPS) is 15.8. The Morgan fingerprint density at radius 3 is 1.63 bits per heavy atom. The number of hydrogen-bond acceptors (Lipinski definition) is 2. The molecule has 1 aliphatic carbocycles. The summed E-state index contributed by atoms with van der Waals surface area (Å²) in [6.45, 7) is 13.5. The van der Waals surface area contributed by atoms with Crippen LogP contribution in [-0.2, 0) is 5.41 Å². The Hall–Kier alpha value is -3.00. The fraction of sp³-hybridized carbons (Fsp3) is 0.444. The zero-order valence-corrected chi connectivity index (χ0v) is 24.3. The summed E-state index contributed by atoms with van der Waals surface area (Å²) in [5, 5.41) is 0. The maximum atomic E-state index is 5.85. The van der Waals surface area contributed by atoms with Crippen LogP contribution in [0.25, 0.3) is 0 Å². The molecule has 2 nitrogen and oxygen atoms in total. The maximum Gasteiger partial charge on any atom is 0.0935 e. The quantitative estimate of drug-likeness (QED) is 0.258. The first kappa shape index (κ1) is 28.0. The average molecular weight is 507 g/mol. The number of benzene rings is 3. The summed E-state index contributed by atoms with van der Waals surface area (Å²) in [6.07, 6.45) is 8.42. The second kappa shape index (κ2) is 12.7. The molecule has 38 heavy (non-hydrogen) atoms. The molecule has 3 aromatic rings. The second-order valence-corrected chi connectivity index (χ2v) is 11.8. The van der Waals surface area contributed by atoms with Gasteiger partial charge in [-0.15, -0.1) is 0 Å². The molecule has 0 amide bonds. The lowest BCUT2D eigenvalue weighted by atomic mass is 9.65. The molecule has 0 saturated heterocycles. The van der Waals surface area contributed by atoms with Crippen LogP contribution in [0.5, 0.6) is 0 Å². The molecule has 4 rings (SSSR count). The number of para-hydroxylation sites is 1. The minimum absolute atomic E-state index is 0.198. The molecule has 1 fully saturated rings. The van der Waals surface area contributed by atoms with Gasteiger partial charge < -0.3 is 0 Å². The third-order valence-electron chi connectivity index (χ3n) is 8.00. The van der Waals surface area contributed by atoms with Gasteiger partial charge in [0.25, 0.3) is 0 Å². The second-order valence-electron chi connectivity index (χ2n) is 11.8. The zero-order chi connectivity index (χ0) is 27.1. The number of aliphatic imine (C=N–C) groups is 2. The van der Waals surface area contributed by atoms with Crippen LogP contribution in [0.4, 0.5) is 5.69 Å². The highest BCUT2D eigenvalue weighted by atomic mass is 14.8. The van der Waals surface area contributed by atoms with Crippen LogP contribution in [0.2, 0.25) is 0 Å². The highest BCUT2D eigenvalue weighted by Gasteiger charge is 2.42. The van der Waals surface area contributed by atoms with Crippen molar-refractivity contribution in [1.82, 2.24) is 0 Å². The van der Waals surface area contributed by atoms with Crippen LogP contribution in [0.3, 0.4) is 0 Å². The lowest BCUT2D eigenvalue weighted by molar-refractivity contribution is 0.431. The number of hydrogen-bond donors (Lipinski definition) is 0. The first-order chi connectivity index (χ1) is 18.3. The molecule has 0 radical (unpaired) electrons. The Morgan fingerprint density at radius 2 is 1.18 bits per heavy atom. The Bertz CT molecular complexity index is 1150. The lowest BCUT2D eigenvalue weighted by Gasteiger charge is -2.39. The highest BCUT2D eigenvalue weighted by Crippen LogP contribution is 2.43. The van der Waals surface area contributed by atoms with Crippen LogP contribution in [0.15, 0.2) is 88.8 Å². The van der Waals surface area contributed by atoms with Crippen molar-refractivity contribution in [3.8, 4) is 0 Å². The lowest BCUT2D eigenvalue weighted by Crippen LogP contribution is -2.44. The molecule has 0 N–H and O–H groups in total. The van der Waals surface area contributed by atoms with Crippen molar-refractivity contribution in [2.24, 2.45) is 15.9 Å². The third-order valence-corrected chi connectivity index (χ3v) is 8.00. The van der Waals surface area contributed by atoms with E-state index in [1.54, 1.807) is 0 Å². The van der Waals surface area contributed by atoms with Gasteiger partial charge in [-0.05, 0) is 66.7 Å². The van der Waals surface area contributed by atoms with E-state index < -0.39 is 5.41 Å². The predicted molar refractivity (Wildman–Crippen MR) is 166 cm³/mol. The summed E-state index contributed by atoms with van der Waals surface area (Å²) in [5.41, 5.74) is 7.05. The van der Waals surface area contributed by atoms with Crippen LogP contribution in [0.1, 0.15) is 108 Å². The maximum absolute atomic E-state index is 5.85. The van der Waals surface area contributed by atoms with E-state index in [0.29, 0.717) is 17.8 Å². The molecule has 0 bridgehead atoms. The van der Waals surface area contributed by atoms with E-state index in [0.717, 1.165) is 0 Å². The minimum atomic E-state index is -0.535. The van der Waals surface area contributed by atoms with Crippen molar-refractivity contribution in [1.29, 1.82) is 0 Å². The van der Waals surface area contributed by atoms with Crippen molar-refractivity contribution < 1.29 is 0 Å². The molecule has 0 spiro atoms. The summed E-state index contributed by atoms with van der Waals surface area (Å²) in [5.74, 6) is 1.20. The largest absolute Gasteiger partial charge is 0.293 e. The number of nitrogens with zero attached hydrogens (tertiary/aromatic N) is 2. The fourth-order valence-electron chi connectivity index (χ4n) is 5.98. The van der Waals surface area contributed by atoms with Crippen molar-refractivity contribution in [2.75, 3.05) is 0 Å². The van der Waals surface area contributed by atoms with Crippen molar-refractivity contribution >= 4 is 17.6 Å². The van der Waals surface area contributed by atoms with Crippen molar-refractivity contribution in [3.63, 3.8) is 0 Å². The van der Waals surface area contributed by atoms with E-state index in [4.69, 9.17) is 9.98 Å². The summed E-state index contributed by atoms with van der Waals surface area (Å²) in [6, 6.07) is 28.9. The molecule has 2 heteroatoms. The molecule has 0 unspecified atom stereocenters. The van der Waals surface area contributed by atoms with E-state index >= 15 is 0 Å². The Kier molecular flexibility index (Phi) is 9.36. The summed E-state index contributed by atoms with van der Waals surface area (Å²) >= 11 is 0. The van der Waals surface area contributed by atoms with E-state index in [2.05, 4.69) is 127 Å². The summed E-state index contributed by atoms with van der Waals surface area (Å²) < 4.78 is 0. The Labute approximate surface area is 231 Å². The molecule has 3 aromatic carbocycles. The first-order valence-electron chi connectivity index (χ1n) is 14.7. The molecule has 0 atom stereocenters.